The van der Waals surface area contributed by atoms with Gasteiger partial charge in [-0.3, -0.25) is 0 Å². The van der Waals surface area contributed by atoms with Crippen molar-refractivity contribution < 1.29 is 13.3 Å². The van der Waals surface area contributed by atoms with Crippen molar-refractivity contribution in [3.63, 3.8) is 0 Å². The van der Waals surface area contributed by atoms with E-state index in [2.05, 4.69) is 58.9 Å². The maximum atomic E-state index is 6.21. The van der Waals surface area contributed by atoms with Gasteiger partial charge in [-0.25, -0.2) is 0 Å². The van der Waals surface area contributed by atoms with Gasteiger partial charge in [0.15, 0.2) is 0 Å². The number of hydrogen-bond donors (Lipinski definition) is 0. The molecular formula is C15H30O3Si3. The van der Waals surface area contributed by atoms with E-state index in [-0.39, 0.29) is 0 Å². The van der Waals surface area contributed by atoms with Gasteiger partial charge in [-0.2, -0.15) is 0 Å². The SMILES string of the molecule is C[Si](C)(C)Oc1ccc(O[Si](C)(C)C)c(O[Si](C)(C)C)c1. The van der Waals surface area contributed by atoms with Crippen molar-refractivity contribution in [1.29, 1.82) is 0 Å². The lowest BCUT2D eigenvalue weighted by molar-refractivity contribution is 0.481. The van der Waals surface area contributed by atoms with E-state index < -0.39 is 25.0 Å². The molecular weight excluding hydrogens is 312 g/mol. The number of benzene rings is 1. The maximum Gasteiger partial charge on any atom is 0.242 e. The summed E-state index contributed by atoms with van der Waals surface area (Å²) in [5.74, 6) is 2.55. The quantitative estimate of drug-likeness (QED) is 0.654. The van der Waals surface area contributed by atoms with E-state index in [1.807, 2.05) is 18.2 Å². The van der Waals surface area contributed by atoms with Gasteiger partial charge in [-0.05, 0) is 71.1 Å². The van der Waals surface area contributed by atoms with Gasteiger partial charge in [0.25, 0.3) is 0 Å². The minimum Gasteiger partial charge on any atom is -0.544 e. The van der Waals surface area contributed by atoms with E-state index in [0.717, 1.165) is 17.2 Å². The Balaban J connectivity index is 3.14. The first-order chi connectivity index (χ1) is 9.25. The molecule has 0 bridgehead atoms. The molecule has 0 atom stereocenters. The third kappa shape index (κ3) is 7.73. The fraction of sp³-hybridized carbons (Fsp3) is 0.600. The van der Waals surface area contributed by atoms with Crippen LogP contribution in [0.5, 0.6) is 17.2 Å². The van der Waals surface area contributed by atoms with Crippen LogP contribution in [0.2, 0.25) is 58.9 Å². The molecule has 21 heavy (non-hydrogen) atoms. The summed E-state index contributed by atoms with van der Waals surface area (Å²) in [6.45, 7) is 19.6. The molecule has 0 aliphatic carbocycles. The Bertz CT molecular complexity index is 482. The van der Waals surface area contributed by atoms with Gasteiger partial charge >= 0.3 is 0 Å². The van der Waals surface area contributed by atoms with E-state index in [9.17, 15) is 0 Å². The van der Waals surface area contributed by atoms with Gasteiger partial charge in [0, 0.05) is 6.07 Å². The van der Waals surface area contributed by atoms with Crippen molar-refractivity contribution in [3.05, 3.63) is 18.2 Å². The molecule has 0 heterocycles. The minimum atomic E-state index is -1.70. The van der Waals surface area contributed by atoms with E-state index in [4.69, 9.17) is 13.3 Å². The highest BCUT2D eigenvalue weighted by Gasteiger charge is 2.24. The standard InChI is InChI=1S/C15H30O3Si3/c1-19(2,3)16-13-10-11-14(17-20(4,5)6)15(12-13)18-21(7,8)9/h10-12H,1-9H3. The van der Waals surface area contributed by atoms with Gasteiger partial charge in [-0.1, -0.05) is 0 Å². The van der Waals surface area contributed by atoms with Crippen molar-refractivity contribution >= 4 is 25.0 Å². The Labute approximate surface area is 133 Å². The van der Waals surface area contributed by atoms with Crippen molar-refractivity contribution in [2.45, 2.75) is 58.9 Å². The Hall–Kier alpha value is -0.729. The molecule has 0 amide bonds. The van der Waals surface area contributed by atoms with Gasteiger partial charge in [-0.15, -0.1) is 0 Å². The van der Waals surface area contributed by atoms with Crippen LogP contribution in [0.1, 0.15) is 0 Å². The predicted molar refractivity (Wildman–Crippen MR) is 98.4 cm³/mol. The van der Waals surface area contributed by atoms with Gasteiger partial charge < -0.3 is 13.3 Å². The largest absolute Gasteiger partial charge is 0.544 e. The molecule has 0 N–H and O–H groups in total. The second-order valence-corrected chi connectivity index (χ2v) is 21.5. The summed E-state index contributed by atoms with van der Waals surface area (Å²) in [6.07, 6.45) is 0. The van der Waals surface area contributed by atoms with Crippen LogP contribution in [0.4, 0.5) is 0 Å². The summed E-state index contributed by atoms with van der Waals surface area (Å²) in [7, 11) is -4.98. The van der Waals surface area contributed by atoms with Crippen molar-refractivity contribution in [1.82, 2.24) is 0 Å². The van der Waals surface area contributed by atoms with Crippen LogP contribution >= 0.6 is 0 Å². The Kier molecular flexibility index (Phi) is 5.39. The van der Waals surface area contributed by atoms with Crippen LogP contribution in [-0.4, -0.2) is 25.0 Å². The molecule has 0 spiro atoms. The molecule has 0 aliphatic heterocycles. The lowest BCUT2D eigenvalue weighted by atomic mass is 10.3. The van der Waals surface area contributed by atoms with E-state index in [0.29, 0.717) is 0 Å². The normalized spacial score (nSPS) is 13.0. The van der Waals surface area contributed by atoms with Crippen molar-refractivity contribution in [3.8, 4) is 17.2 Å². The number of hydrogen-bond acceptors (Lipinski definition) is 3. The highest BCUT2D eigenvalue weighted by Crippen LogP contribution is 2.35. The second-order valence-electron chi connectivity index (χ2n) is 8.25. The summed E-state index contributed by atoms with van der Waals surface area (Å²) in [4.78, 5) is 0. The lowest BCUT2D eigenvalue weighted by Gasteiger charge is -2.27. The molecule has 3 nitrogen and oxygen atoms in total. The molecule has 1 aromatic rings. The molecule has 1 aromatic carbocycles. The van der Waals surface area contributed by atoms with Gasteiger partial charge in [0.05, 0.1) is 0 Å². The first kappa shape index (κ1) is 18.3. The maximum absolute atomic E-state index is 6.21. The Morgan fingerprint density at radius 2 is 1.00 bits per heavy atom. The van der Waals surface area contributed by atoms with E-state index in [1.165, 1.54) is 0 Å². The fourth-order valence-electron chi connectivity index (χ4n) is 1.73. The summed E-state index contributed by atoms with van der Waals surface area (Å²) < 4.78 is 18.4. The zero-order chi connectivity index (χ0) is 16.5. The highest BCUT2D eigenvalue weighted by molar-refractivity contribution is 6.71. The van der Waals surface area contributed by atoms with Crippen LogP contribution < -0.4 is 13.3 Å². The zero-order valence-electron chi connectivity index (χ0n) is 15.0. The molecule has 1 rings (SSSR count). The average Bonchev–Trinajstić information content (AvgIpc) is 2.15. The topological polar surface area (TPSA) is 27.7 Å². The molecule has 120 valence electrons. The molecule has 6 heteroatoms. The summed E-state index contributed by atoms with van der Waals surface area (Å²) in [5.41, 5.74) is 0. The highest BCUT2D eigenvalue weighted by atomic mass is 28.4. The summed E-state index contributed by atoms with van der Waals surface area (Å²) in [6, 6.07) is 5.97. The smallest absolute Gasteiger partial charge is 0.242 e. The zero-order valence-corrected chi connectivity index (χ0v) is 18.0. The molecule has 0 aromatic heterocycles. The molecule has 0 fully saturated rings. The first-order valence-electron chi connectivity index (χ1n) is 7.46. The van der Waals surface area contributed by atoms with Crippen LogP contribution in [0.25, 0.3) is 0 Å². The second kappa shape index (κ2) is 6.18. The summed E-state index contributed by atoms with van der Waals surface area (Å²) in [5, 5.41) is 0. The lowest BCUT2D eigenvalue weighted by Crippen LogP contribution is -2.33. The van der Waals surface area contributed by atoms with Crippen molar-refractivity contribution in [2.24, 2.45) is 0 Å². The van der Waals surface area contributed by atoms with Crippen LogP contribution in [-0.2, 0) is 0 Å². The molecule has 0 saturated carbocycles. The van der Waals surface area contributed by atoms with Crippen LogP contribution in [0.3, 0.4) is 0 Å². The van der Waals surface area contributed by atoms with Gasteiger partial charge in [0.2, 0.25) is 25.0 Å². The first-order valence-corrected chi connectivity index (χ1v) is 17.7. The third-order valence-corrected chi connectivity index (χ3v) is 4.68. The molecule has 0 saturated heterocycles. The monoisotopic (exact) mass is 342 g/mol. The summed E-state index contributed by atoms with van der Waals surface area (Å²) >= 11 is 0. The third-order valence-electron chi connectivity index (χ3n) is 2.17. The average molecular weight is 343 g/mol. The van der Waals surface area contributed by atoms with Crippen LogP contribution in [0, 0.1) is 0 Å². The van der Waals surface area contributed by atoms with E-state index in [1.54, 1.807) is 0 Å². The molecule has 0 unspecified atom stereocenters. The molecule has 0 aliphatic rings. The minimum absolute atomic E-state index is 0.826. The van der Waals surface area contributed by atoms with E-state index >= 15 is 0 Å². The predicted octanol–water partition coefficient (Wildman–Crippen LogP) is 5.33. The molecule has 0 radical (unpaired) electrons. The number of rotatable bonds is 6. The fourth-order valence-corrected chi connectivity index (χ4v) is 4.21. The van der Waals surface area contributed by atoms with Crippen molar-refractivity contribution in [2.75, 3.05) is 0 Å². The van der Waals surface area contributed by atoms with Gasteiger partial charge in [0.1, 0.15) is 17.2 Å². The van der Waals surface area contributed by atoms with Crippen LogP contribution in [0.15, 0.2) is 18.2 Å². The Morgan fingerprint density at radius 1 is 0.571 bits per heavy atom. The Morgan fingerprint density at radius 3 is 1.43 bits per heavy atom.